The van der Waals surface area contributed by atoms with Gasteiger partial charge in [0.1, 0.15) is 18.2 Å². The fourth-order valence-corrected chi connectivity index (χ4v) is 2.99. The van der Waals surface area contributed by atoms with Crippen molar-refractivity contribution in [3.63, 3.8) is 0 Å². The quantitative estimate of drug-likeness (QED) is 0.840. The van der Waals surface area contributed by atoms with Crippen LogP contribution in [0, 0.1) is 5.82 Å². The van der Waals surface area contributed by atoms with Gasteiger partial charge in [0, 0.05) is 45.0 Å². The summed E-state index contributed by atoms with van der Waals surface area (Å²) in [4.78, 5) is 34.0. The minimum atomic E-state index is -0.440. The first-order valence-corrected chi connectivity index (χ1v) is 8.52. The van der Waals surface area contributed by atoms with Crippen molar-refractivity contribution in [1.82, 2.24) is 9.88 Å². The molecule has 0 bridgehead atoms. The number of rotatable bonds is 4. The Hall–Kier alpha value is -2.96. The van der Waals surface area contributed by atoms with Crippen molar-refractivity contribution in [3.05, 3.63) is 54.5 Å². The number of aromatic nitrogens is 1. The second-order valence-electron chi connectivity index (χ2n) is 6.14. The normalized spacial score (nSPS) is 14.2. The molecule has 0 atom stereocenters. The molecule has 1 aliphatic rings. The van der Waals surface area contributed by atoms with Crippen LogP contribution in [0.2, 0.25) is 0 Å². The van der Waals surface area contributed by atoms with Gasteiger partial charge in [0.15, 0.2) is 0 Å². The van der Waals surface area contributed by atoms with Crippen molar-refractivity contribution in [3.8, 4) is 0 Å². The summed E-state index contributed by atoms with van der Waals surface area (Å²) in [5.74, 6) is 0.0103. The van der Waals surface area contributed by atoms with Gasteiger partial charge in [-0.05, 0) is 30.3 Å². The van der Waals surface area contributed by atoms with Gasteiger partial charge in [0.25, 0.3) is 0 Å². The summed E-state index contributed by atoms with van der Waals surface area (Å²) in [5.41, 5.74) is 0.387. The molecule has 7 heteroatoms. The van der Waals surface area contributed by atoms with Gasteiger partial charge < -0.3 is 14.7 Å². The van der Waals surface area contributed by atoms with E-state index in [-0.39, 0.29) is 18.4 Å². The van der Waals surface area contributed by atoms with E-state index in [1.165, 1.54) is 30.0 Å². The second-order valence-corrected chi connectivity index (χ2v) is 6.14. The van der Waals surface area contributed by atoms with Gasteiger partial charge in [0.2, 0.25) is 11.8 Å². The van der Waals surface area contributed by atoms with E-state index >= 15 is 0 Å². The van der Waals surface area contributed by atoms with Crippen molar-refractivity contribution >= 4 is 23.3 Å². The van der Waals surface area contributed by atoms with Crippen LogP contribution in [0.25, 0.3) is 0 Å². The molecule has 6 nitrogen and oxygen atoms in total. The Labute approximate surface area is 151 Å². The lowest BCUT2D eigenvalue weighted by Crippen LogP contribution is -2.52. The smallest absolute Gasteiger partial charge is 0.242 e. The molecule has 0 spiro atoms. The number of anilines is 2. The van der Waals surface area contributed by atoms with Crippen LogP contribution in [0.1, 0.15) is 6.92 Å². The van der Waals surface area contributed by atoms with Crippen molar-refractivity contribution in [1.29, 1.82) is 0 Å². The topological polar surface area (TPSA) is 56.8 Å². The van der Waals surface area contributed by atoms with Gasteiger partial charge in [0.05, 0.1) is 0 Å². The fourth-order valence-electron chi connectivity index (χ4n) is 2.99. The van der Waals surface area contributed by atoms with Crippen molar-refractivity contribution in [2.45, 2.75) is 6.92 Å². The zero-order valence-electron chi connectivity index (χ0n) is 14.6. The molecule has 136 valence electrons. The summed E-state index contributed by atoms with van der Waals surface area (Å²) >= 11 is 0. The van der Waals surface area contributed by atoms with Crippen LogP contribution in [0.3, 0.4) is 0 Å². The average molecular weight is 356 g/mol. The predicted octanol–water partition coefficient (Wildman–Crippen LogP) is 1.92. The molecule has 0 N–H and O–H groups in total. The number of piperazine rings is 1. The van der Waals surface area contributed by atoms with E-state index in [0.717, 1.165) is 5.82 Å². The molecule has 1 fully saturated rings. The SMILES string of the molecule is CC(=O)N(CC(=O)N1CCN(c2ccccn2)CC1)c1cccc(F)c1. The minimum Gasteiger partial charge on any atom is -0.353 e. The first-order chi connectivity index (χ1) is 12.5. The van der Waals surface area contributed by atoms with E-state index in [9.17, 15) is 14.0 Å². The van der Waals surface area contributed by atoms with Gasteiger partial charge in [-0.2, -0.15) is 0 Å². The van der Waals surface area contributed by atoms with Crippen LogP contribution in [0.4, 0.5) is 15.9 Å². The van der Waals surface area contributed by atoms with Crippen LogP contribution in [0.5, 0.6) is 0 Å². The van der Waals surface area contributed by atoms with Gasteiger partial charge in [-0.3, -0.25) is 9.59 Å². The average Bonchev–Trinajstić information content (AvgIpc) is 2.66. The van der Waals surface area contributed by atoms with Gasteiger partial charge in [-0.25, -0.2) is 9.37 Å². The molecule has 1 aliphatic heterocycles. The third-order valence-corrected chi connectivity index (χ3v) is 4.40. The largest absolute Gasteiger partial charge is 0.353 e. The number of pyridine rings is 1. The summed E-state index contributed by atoms with van der Waals surface area (Å²) < 4.78 is 13.4. The molecule has 2 aromatic rings. The maximum Gasteiger partial charge on any atom is 0.242 e. The lowest BCUT2D eigenvalue weighted by Gasteiger charge is -2.36. The Morgan fingerprint density at radius 2 is 1.88 bits per heavy atom. The van der Waals surface area contributed by atoms with E-state index in [2.05, 4.69) is 9.88 Å². The summed E-state index contributed by atoms with van der Waals surface area (Å²) in [5, 5.41) is 0. The molecule has 0 radical (unpaired) electrons. The molecule has 2 amide bonds. The van der Waals surface area contributed by atoms with Crippen molar-refractivity contribution in [2.75, 3.05) is 42.5 Å². The van der Waals surface area contributed by atoms with Gasteiger partial charge in [-0.15, -0.1) is 0 Å². The molecule has 1 saturated heterocycles. The highest BCUT2D eigenvalue weighted by Gasteiger charge is 2.24. The Bertz CT molecular complexity index is 776. The molecule has 0 unspecified atom stereocenters. The minimum absolute atomic E-state index is 0.0949. The summed E-state index contributed by atoms with van der Waals surface area (Å²) in [6.45, 7) is 3.76. The molecule has 1 aromatic heterocycles. The van der Waals surface area contributed by atoms with Crippen molar-refractivity contribution in [2.24, 2.45) is 0 Å². The summed E-state index contributed by atoms with van der Waals surface area (Å²) in [6, 6.07) is 11.5. The van der Waals surface area contributed by atoms with Gasteiger partial charge in [-0.1, -0.05) is 12.1 Å². The summed E-state index contributed by atoms with van der Waals surface area (Å²) in [6.07, 6.45) is 1.75. The maximum atomic E-state index is 13.4. The van der Waals surface area contributed by atoms with Crippen LogP contribution < -0.4 is 9.80 Å². The highest BCUT2D eigenvalue weighted by molar-refractivity contribution is 5.97. The third kappa shape index (κ3) is 4.17. The van der Waals surface area contributed by atoms with E-state index in [1.807, 2.05) is 18.2 Å². The van der Waals surface area contributed by atoms with Crippen LogP contribution in [-0.2, 0) is 9.59 Å². The molecular formula is C19H21FN4O2. The Morgan fingerprint density at radius 3 is 2.50 bits per heavy atom. The maximum absolute atomic E-state index is 13.4. The monoisotopic (exact) mass is 356 g/mol. The number of nitrogens with zero attached hydrogens (tertiary/aromatic N) is 4. The highest BCUT2D eigenvalue weighted by Crippen LogP contribution is 2.17. The zero-order chi connectivity index (χ0) is 18.5. The van der Waals surface area contributed by atoms with Gasteiger partial charge >= 0.3 is 0 Å². The number of amides is 2. The van der Waals surface area contributed by atoms with E-state index in [0.29, 0.717) is 31.9 Å². The number of hydrogen-bond acceptors (Lipinski definition) is 4. The molecule has 26 heavy (non-hydrogen) atoms. The van der Waals surface area contributed by atoms with E-state index in [4.69, 9.17) is 0 Å². The first kappa shape index (κ1) is 17.8. The summed E-state index contributed by atoms with van der Waals surface area (Å²) in [7, 11) is 0. The fraction of sp³-hybridized carbons (Fsp3) is 0.316. The molecule has 2 heterocycles. The molecular weight excluding hydrogens is 335 g/mol. The van der Waals surface area contributed by atoms with E-state index in [1.54, 1.807) is 17.2 Å². The Kier molecular flexibility index (Phi) is 5.46. The lowest BCUT2D eigenvalue weighted by atomic mass is 10.2. The Balaban J connectivity index is 1.61. The van der Waals surface area contributed by atoms with Crippen LogP contribution >= 0.6 is 0 Å². The first-order valence-electron chi connectivity index (χ1n) is 8.52. The molecule has 1 aromatic carbocycles. The zero-order valence-corrected chi connectivity index (χ0v) is 14.6. The molecule has 3 rings (SSSR count). The standard InChI is InChI=1S/C19H21FN4O2/c1-15(25)24(17-6-4-5-16(20)13-17)14-19(26)23-11-9-22(10-12-23)18-7-2-3-8-21-18/h2-8,13H,9-12,14H2,1H3. The Morgan fingerprint density at radius 1 is 1.12 bits per heavy atom. The lowest BCUT2D eigenvalue weighted by molar-refractivity contribution is -0.131. The second kappa shape index (κ2) is 7.95. The number of carbonyl (C=O) groups is 2. The van der Waals surface area contributed by atoms with Crippen LogP contribution in [-0.4, -0.2) is 54.4 Å². The number of hydrogen-bond donors (Lipinski definition) is 0. The van der Waals surface area contributed by atoms with Crippen LogP contribution in [0.15, 0.2) is 48.7 Å². The number of carbonyl (C=O) groups excluding carboxylic acids is 2. The van der Waals surface area contributed by atoms with Crippen molar-refractivity contribution < 1.29 is 14.0 Å². The van der Waals surface area contributed by atoms with E-state index < -0.39 is 5.82 Å². The number of halogens is 1. The predicted molar refractivity (Wildman–Crippen MR) is 97.5 cm³/mol. The highest BCUT2D eigenvalue weighted by atomic mass is 19.1. The number of benzene rings is 1. The molecule has 0 saturated carbocycles. The molecule has 0 aliphatic carbocycles. The third-order valence-electron chi connectivity index (χ3n) is 4.40.